The summed E-state index contributed by atoms with van der Waals surface area (Å²) in [5, 5.41) is 3.22. The van der Waals surface area contributed by atoms with Crippen LogP contribution in [0.3, 0.4) is 0 Å². The number of nitrogens with one attached hydrogen (secondary N) is 1. The highest BCUT2D eigenvalue weighted by Gasteiger charge is 2.25. The van der Waals surface area contributed by atoms with Crippen LogP contribution >= 0.6 is 0 Å². The van der Waals surface area contributed by atoms with Gasteiger partial charge in [-0.05, 0) is 26.3 Å². The monoisotopic (exact) mass is 223 g/mol. The van der Waals surface area contributed by atoms with Crippen LogP contribution in [0, 0.1) is 0 Å². The molecule has 2 rings (SSSR count). The van der Waals surface area contributed by atoms with Gasteiger partial charge in [-0.3, -0.25) is 9.69 Å². The summed E-state index contributed by atoms with van der Waals surface area (Å²) in [6.45, 7) is 2.55. The molecule has 0 unspecified atom stereocenters. The van der Waals surface area contributed by atoms with Crippen LogP contribution in [-0.4, -0.2) is 55.5 Å². The Kier molecular flexibility index (Phi) is 3.61. The van der Waals surface area contributed by atoms with Crippen LogP contribution < -0.4 is 5.32 Å². The Morgan fingerprint density at radius 1 is 1.50 bits per heavy atom. The van der Waals surface area contributed by atoms with E-state index >= 15 is 0 Å². The van der Waals surface area contributed by atoms with Gasteiger partial charge in [-0.2, -0.15) is 0 Å². The van der Waals surface area contributed by atoms with Gasteiger partial charge in [0.15, 0.2) is 0 Å². The SMILES string of the molecule is CN(C(=O)CN(C)C1CNC1)C1=CCCC1. The molecule has 1 aliphatic heterocycles. The molecule has 1 N–H and O–H groups in total. The standard InChI is InChI=1S/C12H21N3O/c1-14(11-7-13-8-11)9-12(16)15(2)10-5-3-4-6-10/h5,11,13H,3-4,6-9H2,1-2H3. The summed E-state index contributed by atoms with van der Waals surface area (Å²) >= 11 is 0. The molecule has 0 radical (unpaired) electrons. The maximum atomic E-state index is 12.0. The van der Waals surface area contributed by atoms with Crippen LogP contribution in [0.1, 0.15) is 19.3 Å². The van der Waals surface area contributed by atoms with Crippen molar-refractivity contribution in [1.82, 2.24) is 15.1 Å². The van der Waals surface area contributed by atoms with Gasteiger partial charge in [-0.1, -0.05) is 6.08 Å². The molecule has 0 aromatic carbocycles. The van der Waals surface area contributed by atoms with E-state index in [-0.39, 0.29) is 5.91 Å². The molecule has 0 aromatic rings. The molecule has 0 spiro atoms. The smallest absolute Gasteiger partial charge is 0.240 e. The molecule has 1 aliphatic carbocycles. The molecule has 0 atom stereocenters. The van der Waals surface area contributed by atoms with Gasteiger partial charge >= 0.3 is 0 Å². The second-order valence-electron chi connectivity index (χ2n) is 4.77. The number of rotatable bonds is 4. The molecule has 1 amide bonds. The molecular formula is C12H21N3O. The second kappa shape index (κ2) is 4.97. The van der Waals surface area contributed by atoms with Gasteiger partial charge in [0.2, 0.25) is 5.91 Å². The average molecular weight is 223 g/mol. The van der Waals surface area contributed by atoms with Crippen molar-refractivity contribution >= 4 is 5.91 Å². The topological polar surface area (TPSA) is 35.6 Å². The summed E-state index contributed by atoms with van der Waals surface area (Å²) in [5.41, 5.74) is 1.20. The summed E-state index contributed by atoms with van der Waals surface area (Å²) in [7, 11) is 3.92. The molecule has 1 heterocycles. The first-order valence-corrected chi connectivity index (χ1v) is 6.05. The average Bonchev–Trinajstić information content (AvgIpc) is 2.65. The quantitative estimate of drug-likeness (QED) is 0.750. The molecule has 4 heteroatoms. The Hall–Kier alpha value is -0.870. The van der Waals surface area contributed by atoms with E-state index in [1.165, 1.54) is 12.1 Å². The van der Waals surface area contributed by atoms with Crippen LogP contribution in [0.4, 0.5) is 0 Å². The minimum absolute atomic E-state index is 0.211. The first kappa shape index (κ1) is 11.6. The van der Waals surface area contributed by atoms with Gasteiger partial charge in [0.05, 0.1) is 6.54 Å². The Morgan fingerprint density at radius 3 is 2.75 bits per heavy atom. The zero-order valence-electron chi connectivity index (χ0n) is 10.2. The fourth-order valence-corrected chi connectivity index (χ4v) is 2.15. The lowest BCUT2D eigenvalue weighted by Crippen LogP contribution is -2.57. The summed E-state index contributed by atoms with van der Waals surface area (Å²) in [5.74, 6) is 0.211. The fraction of sp³-hybridized carbons (Fsp3) is 0.750. The Balaban J connectivity index is 1.82. The van der Waals surface area contributed by atoms with Crippen LogP contribution in [0.25, 0.3) is 0 Å². The molecule has 1 saturated heterocycles. The van der Waals surface area contributed by atoms with E-state index in [4.69, 9.17) is 0 Å². The molecule has 16 heavy (non-hydrogen) atoms. The van der Waals surface area contributed by atoms with Crippen molar-refractivity contribution in [1.29, 1.82) is 0 Å². The van der Waals surface area contributed by atoms with E-state index in [0.29, 0.717) is 12.6 Å². The number of hydrogen-bond donors (Lipinski definition) is 1. The lowest BCUT2D eigenvalue weighted by molar-refractivity contribution is -0.129. The first-order valence-electron chi connectivity index (χ1n) is 6.05. The molecule has 0 aromatic heterocycles. The second-order valence-corrected chi connectivity index (χ2v) is 4.77. The zero-order chi connectivity index (χ0) is 11.5. The number of carbonyl (C=O) groups excluding carboxylic acids is 1. The lowest BCUT2D eigenvalue weighted by Gasteiger charge is -2.36. The summed E-state index contributed by atoms with van der Waals surface area (Å²) in [4.78, 5) is 16.0. The van der Waals surface area contributed by atoms with Crippen molar-refractivity contribution in [3.8, 4) is 0 Å². The molecule has 4 nitrogen and oxygen atoms in total. The van der Waals surface area contributed by atoms with E-state index in [0.717, 1.165) is 25.9 Å². The third-order valence-corrected chi connectivity index (χ3v) is 3.59. The first-order chi connectivity index (χ1) is 7.68. The highest BCUT2D eigenvalue weighted by molar-refractivity contribution is 5.79. The van der Waals surface area contributed by atoms with E-state index in [9.17, 15) is 4.79 Å². The molecule has 90 valence electrons. The number of likely N-dealkylation sites (N-methyl/N-ethyl adjacent to an activating group) is 2. The van der Waals surface area contributed by atoms with Gasteiger partial charge in [0.25, 0.3) is 0 Å². The van der Waals surface area contributed by atoms with Crippen molar-refractivity contribution < 1.29 is 4.79 Å². The maximum Gasteiger partial charge on any atom is 0.240 e. The number of nitrogens with zero attached hydrogens (tertiary/aromatic N) is 2. The molecule has 1 fully saturated rings. The summed E-state index contributed by atoms with van der Waals surface area (Å²) in [6.07, 6.45) is 5.55. The van der Waals surface area contributed by atoms with Gasteiger partial charge in [-0.25, -0.2) is 0 Å². The number of amides is 1. The van der Waals surface area contributed by atoms with Gasteiger partial charge in [0, 0.05) is 31.9 Å². The maximum absolute atomic E-state index is 12.0. The normalized spacial score (nSPS) is 20.8. The Bertz CT molecular complexity index is 297. The molecule has 0 bridgehead atoms. The van der Waals surface area contributed by atoms with E-state index in [1.807, 2.05) is 19.0 Å². The molecule has 0 saturated carbocycles. The van der Waals surface area contributed by atoms with Crippen molar-refractivity contribution in [2.24, 2.45) is 0 Å². The van der Waals surface area contributed by atoms with Crippen LogP contribution in [0.2, 0.25) is 0 Å². The van der Waals surface area contributed by atoms with E-state index < -0.39 is 0 Å². The van der Waals surface area contributed by atoms with Gasteiger partial charge < -0.3 is 10.2 Å². The minimum Gasteiger partial charge on any atom is -0.318 e. The van der Waals surface area contributed by atoms with Crippen LogP contribution in [0.15, 0.2) is 11.8 Å². The number of carbonyl (C=O) groups is 1. The predicted molar refractivity (Wildman–Crippen MR) is 64.0 cm³/mol. The highest BCUT2D eigenvalue weighted by Crippen LogP contribution is 2.20. The number of allylic oxidation sites excluding steroid dienone is 2. The van der Waals surface area contributed by atoms with Crippen molar-refractivity contribution in [3.63, 3.8) is 0 Å². The van der Waals surface area contributed by atoms with Crippen LogP contribution in [0.5, 0.6) is 0 Å². The number of hydrogen-bond acceptors (Lipinski definition) is 3. The molecular weight excluding hydrogens is 202 g/mol. The lowest BCUT2D eigenvalue weighted by atomic mass is 10.1. The fourth-order valence-electron chi connectivity index (χ4n) is 2.15. The minimum atomic E-state index is 0.211. The Morgan fingerprint density at radius 2 is 2.25 bits per heavy atom. The van der Waals surface area contributed by atoms with Crippen molar-refractivity contribution in [2.45, 2.75) is 25.3 Å². The summed E-state index contributed by atoms with van der Waals surface area (Å²) in [6, 6.07) is 0.537. The zero-order valence-corrected chi connectivity index (χ0v) is 10.2. The third kappa shape index (κ3) is 2.44. The largest absolute Gasteiger partial charge is 0.318 e. The van der Waals surface area contributed by atoms with Gasteiger partial charge in [0.1, 0.15) is 0 Å². The van der Waals surface area contributed by atoms with Gasteiger partial charge in [-0.15, -0.1) is 0 Å². The van der Waals surface area contributed by atoms with E-state index in [1.54, 1.807) is 0 Å². The van der Waals surface area contributed by atoms with Crippen molar-refractivity contribution in [2.75, 3.05) is 33.7 Å². The van der Waals surface area contributed by atoms with E-state index in [2.05, 4.69) is 16.3 Å². The highest BCUT2D eigenvalue weighted by atomic mass is 16.2. The Labute approximate surface area is 97.3 Å². The molecule has 2 aliphatic rings. The third-order valence-electron chi connectivity index (χ3n) is 3.59. The predicted octanol–water partition coefficient (Wildman–Crippen LogP) is 0.416. The summed E-state index contributed by atoms with van der Waals surface area (Å²) < 4.78 is 0. The van der Waals surface area contributed by atoms with Crippen molar-refractivity contribution in [3.05, 3.63) is 11.8 Å². The van der Waals surface area contributed by atoms with Crippen LogP contribution in [-0.2, 0) is 4.79 Å².